The van der Waals surface area contributed by atoms with Crippen LogP contribution < -0.4 is 10.5 Å². The minimum atomic E-state index is -0.0706. The van der Waals surface area contributed by atoms with Crippen molar-refractivity contribution in [2.75, 3.05) is 12.8 Å². The summed E-state index contributed by atoms with van der Waals surface area (Å²) in [5, 5.41) is 4.56. The third-order valence-corrected chi connectivity index (χ3v) is 2.79. The molecular formula is C14H19N3O. The molecule has 0 saturated carbocycles. The van der Waals surface area contributed by atoms with Gasteiger partial charge >= 0.3 is 0 Å². The van der Waals surface area contributed by atoms with E-state index < -0.39 is 0 Å². The van der Waals surface area contributed by atoms with Crippen molar-refractivity contribution in [3.63, 3.8) is 0 Å². The molecule has 4 heteroatoms. The summed E-state index contributed by atoms with van der Waals surface area (Å²) < 4.78 is 7.03. The first-order valence-corrected chi connectivity index (χ1v) is 5.92. The number of methoxy groups -OCH3 is 1. The molecule has 18 heavy (non-hydrogen) atoms. The van der Waals surface area contributed by atoms with Gasteiger partial charge in [0.2, 0.25) is 0 Å². The molecule has 1 heterocycles. The Hall–Kier alpha value is -1.97. The van der Waals surface area contributed by atoms with Crippen molar-refractivity contribution >= 4 is 5.69 Å². The lowest BCUT2D eigenvalue weighted by molar-refractivity contribution is 0.356. The molecule has 0 aliphatic carbocycles. The Morgan fingerprint density at radius 1 is 1.17 bits per heavy atom. The first kappa shape index (κ1) is 12.5. The highest BCUT2D eigenvalue weighted by atomic mass is 16.5. The summed E-state index contributed by atoms with van der Waals surface area (Å²) in [4.78, 5) is 0. The quantitative estimate of drug-likeness (QED) is 0.885. The zero-order valence-electron chi connectivity index (χ0n) is 11.3. The van der Waals surface area contributed by atoms with E-state index in [1.807, 2.05) is 35.1 Å². The highest BCUT2D eigenvalue weighted by Gasteiger charge is 2.17. The fraction of sp³-hybridized carbons (Fsp3) is 0.357. The van der Waals surface area contributed by atoms with Crippen LogP contribution in [0.1, 0.15) is 20.8 Å². The second kappa shape index (κ2) is 4.37. The smallest absolute Gasteiger partial charge is 0.118 e. The van der Waals surface area contributed by atoms with Crippen LogP contribution in [0, 0.1) is 0 Å². The molecule has 2 N–H and O–H groups in total. The van der Waals surface area contributed by atoms with Gasteiger partial charge in [0.1, 0.15) is 11.4 Å². The third kappa shape index (κ3) is 2.32. The molecule has 0 radical (unpaired) electrons. The number of aromatic nitrogens is 2. The number of rotatable bonds is 2. The van der Waals surface area contributed by atoms with Crippen molar-refractivity contribution in [3.8, 4) is 17.0 Å². The first-order chi connectivity index (χ1) is 8.41. The molecule has 2 rings (SSSR count). The van der Waals surface area contributed by atoms with Crippen LogP contribution in [0.5, 0.6) is 5.75 Å². The molecule has 0 saturated heterocycles. The molecule has 0 fully saturated rings. The van der Waals surface area contributed by atoms with E-state index >= 15 is 0 Å². The number of ether oxygens (including phenoxy) is 1. The van der Waals surface area contributed by atoms with Crippen LogP contribution in [0.25, 0.3) is 11.3 Å². The first-order valence-electron chi connectivity index (χ1n) is 5.92. The molecule has 2 aromatic rings. The van der Waals surface area contributed by atoms with Crippen molar-refractivity contribution in [1.29, 1.82) is 0 Å². The maximum Gasteiger partial charge on any atom is 0.118 e. The van der Waals surface area contributed by atoms with Gasteiger partial charge in [-0.2, -0.15) is 5.10 Å². The number of hydrogen-bond acceptors (Lipinski definition) is 3. The van der Waals surface area contributed by atoms with Crippen molar-refractivity contribution in [2.24, 2.45) is 0 Å². The predicted octanol–water partition coefficient (Wildman–Crippen LogP) is 2.90. The second-order valence-corrected chi connectivity index (χ2v) is 5.28. The lowest BCUT2D eigenvalue weighted by atomic mass is 10.1. The largest absolute Gasteiger partial charge is 0.497 e. The molecule has 0 aliphatic heterocycles. The molecule has 1 aromatic carbocycles. The molecule has 1 aromatic heterocycles. The zero-order chi connectivity index (χ0) is 13.3. The predicted molar refractivity (Wildman–Crippen MR) is 73.6 cm³/mol. The molecule has 0 unspecified atom stereocenters. The molecule has 0 spiro atoms. The standard InChI is InChI=1S/C14H19N3O/c1-14(2,3)17-9-12(15)13(16-17)10-5-7-11(18-4)8-6-10/h5-9H,15H2,1-4H3. The van der Waals surface area contributed by atoms with Crippen molar-refractivity contribution in [1.82, 2.24) is 9.78 Å². The van der Waals surface area contributed by atoms with Crippen molar-refractivity contribution in [2.45, 2.75) is 26.3 Å². The molecule has 96 valence electrons. The van der Waals surface area contributed by atoms with E-state index in [0.717, 1.165) is 17.0 Å². The highest BCUT2D eigenvalue weighted by molar-refractivity contribution is 5.72. The van der Waals surface area contributed by atoms with Crippen LogP contribution in [0.4, 0.5) is 5.69 Å². The minimum Gasteiger partial charge on any atom is -0.497 e. The summed E-state index contributed by atoms with van der Waals surface area (Å²) >= 11 is 0. The van der Waals surface area contributed by atoms with E-state index in [9.17, 15) is 0 Å². The van der Waals surface area contributed by atoms with Gasteiger partial charge in [-0.15, -0.1) is 0 Å². The van der Waals surface area contributed by atoms with Crippen LogP contribution in [-0.2, 0) is 5.54 Å². The summed E-state index contributed by atoms with van der Waals surface area (Å²) in [5.41, 5.74) is 8.45. The Bertz CT molecular complexity index is 535. The average molecular weight is 245 g/mol. The number of hydrogen-bond donors (Lipinski definition) is 1. The Kier molecular flexibility index (Phi) is 3.03. The average Bonchev–Trinajstić information content (AvgIpc) is 2.71. The van der Waals surface area contributed by atoms with Crippen LogP contribution in [0.15, 0.2) is 30.5 Å². The van der Waals surface area contributed by atoms with Crippen molar-refractivity contribution < 1.29 is 4.74 Å². The molecule has 0 aliphatic rings. The monoisotopic (exact) mass is 245 g/mol. The number of anilines is 1. The van der Waals surface area contributed by atoms with Gasteiger partial charge in [-0.25, -0.2) is 0 Å². The van der Waals surface area contributed by atoms with E-state index in [0.29, 0.717) is 5.69 Å². The summed E-state index contributed by atoms with van der Waals surface area (Å²) in [5.74, 6) is 0.826. The number of nitrogens with two attached hydrogens (primary N) is 1. The molecule has 0 bridgehead atoms. The van der Waals surface area contributed by atoms with Gasteiger partial charge in [0.15, 0.2) is 0 Å². The van der Waals surface area contributed by atoms with Gasteiger partial charge in [0.25, 0.3) is 0 Å². The van der Waals surface area contributed by atoms with Gasteiger partial charge in [-0.3, -0.25) is 4.68 Å². The summed E-state index contributed by atoms with van der Waals surface area (Å²) in [6, 6.07) is 7.74. The van der Waals surface area contributed by atoms with E-state index in [-0.39, 0.29) is 5.54 Å². The van der Waals surface area contributed by atoms with E-state index in [1.54, 1.807) is 7.11 Å². The van der Waals surface area contributed by atoms with E-state index in [4.69, 9.17) is 10.5 Å². The van der Waals surface area contributed by atoms with Gasteiger partial charge in [0, 0.05) is 11.8 Å². The van der Waals surface area contributed by atoms with Crippen LogP contribution >= 0.6 is 0 Å². The Morgan fingerprint density at radius 2 is 1.78 bits per heavy atom. The molecule has 4 nitrogen and oxygen atoms in total. The Labute approximate surface area is 107 Å². The van der Waals surface area contributed by atoms with Crippen LogP contribution in [0.2, 0.25) is 0 Å². The fourth-order valence-corrected chi connectivity index (χ4v) is 1.70. The highest BCUT2D eigenvalue weighted by Crippen LogP contribution is 2.28. The van der Waals surface area contributed by atoms with Gasteiger partial charge in [-0.1, -0.05) is 0 Å². The zero-order valence-corrected chi connectivity index (χ0v) is 11.3. The van der Waals surface area contributed by atoms with Crippen LogP contribution in [0.3, 0.4) is 0 Å². The van der Waals surface area contributed by atoms with Gasteiger partial charge < -0.3 is 10.5 Å². The Balaban J connectivity index is 2.41. The minimum absolute atomic E-state index is 0.0706. The van der Waals surface area contributed by atoms with Gasteiger partial charge in [-0.05, 0) is 45.0 Å². The molecule has 0 atom stereocenters. The lowest BCUT2D eigenvalue weighted by Crippen LogP contribution is -2.22. The van der Waals surface area contributed by atoms with Crippen LogP contribution in [-0.4, -0.2) is 16.9 Å². The molecular weight excluding hydrogens is 226 g/mol. The number of nitrogen functional groups attached to an aromatic ring is 1. The van der Waals surface area contributed by atoms with Gasteiger partial charge in [0.05, 0.1) is 18.3 Å². The Morgan fingerprint density at radius 3 is 2.22 bits per heavy atom. The number of nitrogens with zero attached hydrogens (tertiary/aromatic N) is 2. The lowest BCUT2D eigenvalue weighted by Gasteiger charge is -2.18. The normalized spacial score (nSPS) is 11.6. The summed E-state index contributed by atoms with van der Waals surface area (Å²) in [6.45, 7) is 6.28. The van der Waals surface area contributed by atoms with E-state index in [2.05, 4.69) is 25.9 Å². The molecule has 0 amide bonds. The maximum atomic E-state index is 6.03. The summed E-state index contributed by atoms with van der Waals surface area (Å²) in [6.07, 6.45) is 1.87. The summed E-state index contributed by atoms with van der Waals surface area (Å²) in [7, 11) is 1.65. The van der Waals surface area contributed by atoms with Crippen molar-refractivity contribution in [3.05, 3.63) is 30.5 Å². The maximum absolute atomic E-state index is 6.03. The SMILES string of the molecule is COc1ccc(-c2nn(C(C)(C)C)cc2N)cc1. The fourth-order valence-electron chi connectivity index (χ4n) is 1.70. The second-order valence-electron chi connectivity index (χ2n) is 5.28. The topological polar surface area (TPSA) is 53.1 Å². The third-order valence-electron chi connectivity index (χ3n) is 2.79. The van der Waals surface area contributed by atoms with E-state index in [1.165, 1.54) is 0 Å². The number of benzene rings is 1.